The van der Waals surface area contributed by atoms with Crippen molar-refractivity contribution in [3.63, 3.8) is 0 Å². The third-order valence-electron chi connectivity index (χ3n) is 4.73. The van der Waals surface area contributed by atoms with Gasteiger partial charge in [0.15, 0.2) is 0 Å². The second kappa shape index (κ2) is 6.63. The molecule has 0 unspecified atom stereocenters. The third-order valence-corrected chi connectivity index (χ3v) is 4.73. The van der Waals surface area contributed by atoms with Crippen LogP contribution in [0.25, 0.3) is 0 Å². The van der Waals surface area contributed by atoms with Gasteiger partial charge in [0, 0.05) is 31.8 Å². The van der Waals surface area contributed by atoms with Crippen LogP contribution in [0.2, 0.25) is 0 Å². The predicted octanol–water partition coefficient (Wildman–Crippen LogP) is 3.12. The van der Waals surface area contributed by atoms with Gasteiger partial charge in [0.2, 0.25) is 0 Å². The first-order valence-electron chi connectivity index (χ1n) is 7.91. The predicted molar refractivity (Wildman–Crippen MR) is 85.7 cm³/mol. The standard InChI is InChI=1S/C18H24N2O2/c1-13-16(14(2)22-19-13)12-20-10-9-18(21-3)17(20)11-15-7-5-4-6-8-15/h4-8,17-18H,9-12H2,1-3H3/t17-,18-/m0/s1. The Morgan fingerprint density at radius 2 is 2.05 bits per heavy atom. The van der Waals surface area contributed by atoms with Gasteiger partial charge in [-0.3, -0.25) is 4.90 Å². The van der Waals surface area contributed by atoms with Crippen LogP contribution in [0, 0.1) is 13.8 Å². The first-order chi connectivity index (χ1) is 10.7. The van der Waals surface area contributed by atoms with Crippen molar-refractivity contribution in [3.05, 3.63) is 52.9 Å². The van der Waals surface area contributed by atoms with Crippen LogP contribution in [0.1, 0.15) is 29.0 Å². The van der Waals surface area contributed by atoms with E-state index in [-0.39, 0.29) is 0 Å². The molecular formula is C18H24N2O2. The Bertz CT molecular complexity index is 589. The number of aromatic nitrogens is 1. The lowest BCUT2D eigenvalue weighted by molar-refractivity contribution is 0.0637. The number of aryl methyl sites for hydroxylation is 2. The molecule has 0 radical (unpaired) electrons. The van der Waals surface area contributed by atoms with Crippen LogP contribution >= 0.6 is 0 Å². The lowest BCUT2D eigenvalue weighted by Gasteiger charge is -2.27. The molecule has 118 valence electrons. The summed E-state index contributed by atoms with van der Waals surface area (Å²) in [5.41, 5.74) is 3.58. The van der Waals surface area contributed by atoms with Crippen molar-refractivity contribution in [1.82, 2.24) is 10.1 Å². The fourth-order valence-electron chi connectivity index (χ4n) is 3.40. The topological polar surface area (TPSA) is 38.5 Å². The summed E-state index contributed by atoms with van der Waals surface area (Å²) in [6.07, 6.45) is 2.39. The van der Waals surface area contributed by atoms with E-state index in [0.29, 0.717) is 12.1 Å². The van der Waals surface area contributed by atoms with Crippen molar-refractivity contribution < 1.29 is 9.26 Å². The maximum Gasteiger partial charge on any atom is 0.138 e. The molecule has 1 aromatic heterocycles. The van der Waals surface area contributed by atoms with Crippen LogP contribution in [0.3, 0.4) is 0 Å². The summed E-state index contributed by atoms with van der Waals surface area (Å²) >= 11 is 0. The number of benzene rings is 1. The average molecular weight is 300 g/mol. The minimum atomic E-state index is 0.292. The zero-order chi connectivity index (χ0) is 15.5. The van der Waals surface area contributed by atoms with Gasteiger partial charge in [-0.15, -0.1) is 0 Å². The van der Waals surface area contributed by atoms with E-state index in [9.17, 15) is 0 Å². The number of rotatable bonds is 5. The molecule has 2 atom stereocenters. The lowest BCUT2D eigenvalue weighted by Crippen LogP contribution is -2.37. The van der Waals surface area contributed by atoms with Crippen molar-refractivity contribution in [2.75, 3.05) is 13.7 Å². The summed E-state index contributed by atoms with van der Waals surface area (Å²) in [6.45, 7) is 5.95. The molecule has 0 bridgehead atoms. The van der Waals surface area contributed by atoms with Gasteiger partial charge in [0.1, 0.15) is 5.76 Å². The van der Waals surface area contributed by atoms with Gasteiger partial charge in [-0.1, -0.05) is 35.5 Å². The van der Waals surface area contributed by atoms with Crippen LogP contribution < -0.4 is 0 Å². The summed E-state index contributed by atoms with van der Waals surface area (Å²) in [7, 11) is 1.82. The van der Waals surface area contributed by atoms with Crippen LogP contribution in [-0.2, 0) is 17.7 Å². The molecule has 1 aliphatic rings. The highest BCUT2D eigenvalue weighted by atomic mass is 16.5. The first kappa shape index (κ1) is 15.3. The van der Waals surface area contributed by atoms with Gasteiger partial charge < -0.3 is 9.26 Å². The molecule has 0 N–H and O–H groups in total. The van der Waals surface area contributed by atoms with Crippen LogP contribution in [0.5, 0.6) is 0 Å². The molecule has 0 saturated carbocycles. The molecule has 4 heteroatoms. The van der Waals surface area contributed by atoms with Gasteiger partial charge in [-0.05, 0) is 32.3 Å². The Morgan fingerprint density at radius 3 is 2.68 bits per heavy atom. The minimum absolute atomic E-state index is 0.292. The molecule has 2 heterocycles. The van der Waals surface area contributed by atoms with Gasteiger partial charge in [0.25, 0.3) is 0 Å². The van der Waals surface area contributed by atoms with Gasteiger partial charge in [-0.2, -0.15) is 0 Å². The average Bonchev–Trinajstić information content (AvgIpc) is 3.06. The number of likely N-dealkylation sites (tertiary alicyclic amines) is 1. The van der Waals surface area contributed by atoms with Gasteiger partial charge >= 0.3 is 0 Å². The van der Waals surface area contributed by atoms with E-state index in [4.69, 9.17) is 9.26 Å². The Kier molecular flexibility index (Phi) is 4.60. The fraction of sp³-hybridized carbons (Fsp3) is 0.500. The molecule has 22 heavy (non-hydrogen) atoms. The molecule has 3 rings (SSSR count). The number of hydrogen-bond acceptors (Lipinski definition) is 4. The lowest BCUT2D eigenvalue weighted by atomic mass is 10.0. The molecule has 1 saturated heterocycles. The molecular weight excluding hydrogens is 276 g/mol. The minimum Gasteiger partial charge on any atom is -0.380 e. The highest BCUT2D eigenvalue weighted by Crippen LogP contribution is 2.27. The molecule has 1 fully saturated rings. The van der Waals surface area contributed by atoms with Gasteiger partial charge in [0.05, 0.1) is 11.8 Å². The number of hydrogen-bond donors (Lipinski definition) is 0. The second-order valence-corrected chi connectivity index (χ2v) is 6.09. The van der Waals surface area contributed by atoms with Crippen molar-refractivity contribution >= 4 is 0 Å². The molecule has 0 amide bonds. The van der Waals surface area contributed by atoms with E-state index >= 15 is 0 Å². The Labute approximate surface area is 132 Å². The van der Waals surface area contributed by atoms with Crippen LogP contribution in [0.4, 0.5) is 0 Å². The van der Waals surface area contributed by atoms with Crippen molar-refractivity contribution in [2.24, 2.45) is 0 Å². The molecule has 1 aromatic carbocycles. The smallest absolute Gasteiger partial charge is 0.138 e. The quantitative estimate of drug-likeness (QED) is 0.850. The van der Waals surface area contributed by atoms with E-state index in [0.717, 1.165) is 37.4 Å². The molecule has 1 aliphatic heterocycles. The SMILES string of the molecule is CO[C@H]1CCN(Cc2c(C)noc2C)[C@H]1Cc1ccccc1. The third kappa shape index (κ3) is 3.08. The molecule has 4 nitrogen and oxygen atoms in total. The zero-order valence-corrected chi connectivity index (χ0v) is 13.6. The number of methoxy groups -OCH3 is 1. The van der Waals surface area contributed by atoms with Crippen molar-refractivity contribution in [3.8, 4) is 0 Å². The molecule has 0 spiro atoms. The largest absolute Gasteiger partial charge is 0.380 e. The number of ether oxygens (including phenoxy) is 1. The fourth-order valence-corrected chi connectivity index (χ4v) is 3.40. The molecule has 0 aliphatic carbocycles. The van der Waals surface area contributed by atoms with Crippen LogP contribution in [-0.4, -0.2) is 35.9 Å². The Hall–Kier alpha value is -1.65. The van der Waals surface area contributed by atoms with E-state index in [1.807, 2.05) is 21.0 Å². The molecule has 2 aromatic rings. The Balaban J connectivity index is 1.77. The highest BCUT2D eigenvalue weighted by Gasteiger charge is 2.34. The van der Waals surface area contributed by atoms with Gasteiger partial charge in [-0.25, -0.2) is 0 Å². The number of nitrogens with zero attached hydrogens (tertiary/aromatic N) is 2. The normalized spacial score (nSPS) is 22.3. The first-order valence-corrected chi connectivity index (χ1v) is 7.91. The van der Waals surface area contributed by atoms with Crippen LogP contribution in [0.15, 0.2) is 34.9 Å². The van der Waals surface area contributed by atoms with E-state index in [1.54, 1.807) is 0 Å². The summed E-state index contributed by atoms with van der Waals surface area (Å²) in [5, 5.41) is 4.07. The summed E-state index contributed by atoms with van der Waals surface area (Å²) in [5.74, 6) is 0.928. The summed E-state index contributed by atoms with van der Waals surface area (Å²) in [6, 6.07) is 11.1. The summed E-state index contributed by atoms with van der Waals surface area (Å²) in [4.78, 5) is 2.51. The zero-order valence-electron chi connectivity index (χ0n) is 13.6. The van der Waals surface area contributed by atoms with E-state index in [2.05, 4.69) is 40.4 Å². The van der Waals surface area contributed by atoms with Crippen molar-refractivity contribution in [2.45, 2.75) is 45.4 Å². The highest BCUT2D eigenvalue weighted by molar-refractivity contribution is 5.22. The van der Waals surface area contributed by atoms with E-state index < -0.39 is 0 Å². The maximum atomic E-state index is 5.73. The second-order valence-electron chi connectivity index (χ2n) is 6.09. The monoisotopic (exact) mass is 300 g/mol. The van der Waals surface area contributed by atoms with Crippen molar-refractivity contribution in [1.29, 1.82) is 0 Å². The Morgan fingerprint density at radius 1 is 1.27 bits per heavy atom. The maximum absolute atomic E-state index is 5.73. The summed E-state index contributed by atoms with van der Waals surface area (Å²) < 4.78 is 11.0. The van der Waals surface area contributed by atoms with E-state index in [1.165, 1.54) is 11.1 Å².